The smallest absolute Gasteiger partial charge is 0.326 e. The highest BCUT2D eigenvalue weighted by molar-refractivity contribution is 5.83. The first-order valence-corrected chi connectivity index (χ1v) is 5.95. The lowest BCUT2D eigenvalue weighted by atomic mass is 9.89. The van der Waals surface area contributed by atoms with Crippen LogP contribution < -0.4 is 0 Å². The summed E-state index contributed by atoms with van der Waals surface area (Å²) < 4.78 is 0. The molecule has 0 saturated carbocycles. The Morgan fingerprint density at radius 1 is 1.38 bits per heavy atom. The molecule has 4 heteroatoms. The Labute approximate surface area is 96.6 Å². The molecule has 92 valence electrons. The van der Waals surface area contributed by atoms with Gasteiger partial charge in [0.2, 0.25) is 5.91 Å². The molecule has 0 spiro atoms. The minimum atomic E-state index is -0.920. The molecule has 1 aliphatic rings. The third-order valence-corrected chi connectivity index (χ3v) is 3.56. The molecule has 2 atom stereocenters. The number of carbonyl (C=O) groups is 2. The minimum Gasteiger partial charge on any atom is -0.480 e. The monoisotopic (exact) mass is 227 g/mol. The van der Waals surface area contributed by atoms with Gasteiger partial charge in [0, 0.05) is 13.0 Å². The zero-order valence-corrected chi connectivity index (χ0v) is 10.3. The highest BCUT2D eigenvalue weighted by atomic mass is 16.4. The van der Waals surface area contributed by atoms with Gasteiger partial charge in [-0.3, -0.25) is 4.79 Å². The average molecular weight is 227 g/mol. The van der Waals surface area contributed by atoms with Crippen molar-refractivity contribution < 1.29 is 14.7 Å². The maximum atomic E-state index is 11.8. The molecule has 1 amide bonds. The highest BCUT2D eigenvalue weighted by Gasteiger charge is 2.29. The van der Waals surface area contributed by atoms with Gasteiger partial charge >= 0.3 is 5.97 Å². The molecule has 1 N–H and O–H groups in total. The lowest BCUT2D eigenvalue weighted by Crippen LogP contribution is -2.42. The van der Waals surface area contributed by atoms with E-state index in [0.29, 0.717) is 24.8 Å². The Kier molecular flexibility index (Phi) is 4.33. The molecule has 0 aromatic rings. The van der Waals surface area contributed by atoms with Gasteiger partial charge in [0.1, 0.15) is 6.04 Å². The number of rotatable bonds is 3. The normalized spacial score (nSPS) is 24.4. The van der Waals surface area contributed by atoms with E-state index in [9.17, 15) is 9.59 Å². The minimum absolute atomic E-state index is 0.0157. The highest BCUT2D eigenvalue weighted by Crippen LogP contribution is 2.25. The van der Waals surface area contributed by atoms with Gasteiger partial charge in [-0.25, -0.2) is 4.79 Å². The van der Waals surface area contributed by atoms with Gasteiger partial charge in [-0.1, -0.05) is 13.8 Å². The summed E-state index contributed by atoms with van der Waals surface area (Å²) >= 11 is 0. The first-order valence-electron chi connectivity index (χ1n) is 5.95. The zero-order chi connectivity index (χ0) is 12.3. The molecule has 1 fully saturated rings. The van der Waals surface area contributed by atoms with Crippen LogP contribution in [0.2, 0.25) is 0 Å². The fraction of sp³-hybridized carbons (Fsp3) is 0.833. The zero-order valence-electron chi connectivity index (χ0n) is 10.3. The molecule has 1 rings (SSSR count). The largest absolute Gasteiger partial charge is 0.480 e. The van der Waals surface area contributed by atoms with Gasteiger partial charge in [0.05, 0.1) is 0 Å². The Hall–Kier alpha value is -1.06. The maximum absolute atomic E-state index is 11.8. The number of hydrogen-bond acceptors (Lipinski definition) is 2. The Bertz CT molecular complexity index is 275. The van der Waals surface area contributed by atoms with E-state index in [4.69, 9.17) is 5.11 Å². The Balaban J connectivity index is 2.67. The second-order valence-electron chi connectivity index (χ2n) is 4.93. The third kappa shape index (κ3) is 2.97. The molecule has 1 aliphatic heterocycles. The maximum Gasteiger partial charge on any atom is 0.326 e. The summed E-state index contributed by atoms with van der Waals surface area (Å²) in [7, 11) is 0. The van der Waals surface area contributed by atoms with E-state index < -0.39 is 12.0 Å². The molecule has 0 aromatic carbocycles. The number of nitrogens with zero attached hydrogens (tertiary/aromatic N) is 1. The Morgan fingerprint density at radius 3 is 2.50 bits per heavy atom. The van der Waals surface area contributed by atoms with Crippen LogP contribution in [0.1, 0.15) is 40.0 Å². The van der Waals surface area contributed by atoms with Crippen molar-refractivity contribution in [3.8, 4) is 0 Å². The number of carbonyl (C=O) groups excluding carboxylic acids is 1. The van der Waals surface area contributed by atoms with Crippen LogP contribution in [-0.2, 0) is 9.59 Å². The fourth-order valence-corrected chi connectivity index (χ4v) is 2.24. The predicted octanol–water partition coefficient (Wildman–Crippen LogP) is 1.74. The van der Waals surface area contributed by atoms with E-state index >= 15 is 0 Å². The Morgan fingerprint density at radius 2 is 2.00 bits per heavy atom. The summed E-state index contributed by atoms with van der Waals surface area (Å²) in [6, 6.07) is -0.696. The van der Waals surface area contributed by atoms with Crippen molar-refractivity contribution in [3.63, 3.8) is 0 Å². The van der Waals surface area contributed by atoms with Gasteiger partial charge in [-0.2, -0.15) is 0 Å². The molecule has 1 saturated heterocycles. The number of carboxylic acid groups (broad SMARTS) is 1. The summed E-state index contributed by atoms with van der Waals surface area (Å²) in [5.74, 6) is 0.164. The molecule has 2 unspecified atom stereocenters. The number of amides is 1. The van der Waals surface area contributed by atoms with E-state index in [1.165, 1.54) is 4.90 Å². The van der Waals surface area contributed by atoms with Crippen LogP contribution in [0.15, 0.2) is 0 Å². The molecule has 0 radical (unpaired) electrons. The van der Waals surface area contributed by atoms with Crippen LogP contribution in [0.5, 0.6) is 0 Å². The van der Waals surface area contributed by atoms with E-state index in [0.717, 1.165) is 12.8 Å². The van der Waals surface area contributed by atoms with Crippen LogP contribution in [0.3, 0.4) is 0 Å². The molecule has 1 heterocycles. The van der Waals surface area contributed by atoms with Gasteiger partial charge in [-0.15, -0.1) is 0 Å². The van der Waals surface area contributed by atoms with Gasteiger partial charge in [0.25, 0.3) is 0 Å². The van der Waals surface area contributed by atoms with Crippen molar-refractivity contribution in [2.24, 2.45) is 11.8 Å². The third-order valence-electron chi connectivity index (χ3n) is 3.56. The van der Waals surface area contributed by atoms with E-state index in [-0.39, 0.29) is 5.91 Å². The number of carboxylic acids is 1. The summed E-state index contributed by atoms with van der Waals surface area (Å²) in [6.07, 6.45) is 2.29. The van der Waals surface area contributed by atoms with Gasteiger partial charge in [-0.05, 0) is 31.6 Å². The molecule has 16 heavy (non-hydrogen) atoms. The first kappa shape index (κ1) is 13.0. The predicted molar refractivity (Wildman–Crippen MR) is 61.0 cm³/mol. The number of aliphatic carboxylic acids is 1. The molecule has 0 bridgehead atoms. The van der Waals surface area contributed by atoms with Crippen LogP contribution in [0.25, 0.3) is 0 Å². The molecule has 0 aromatic heterocycles. The van der Waals surface area contributed by atoms with Crippen molar-refractivity contribution in [2.75, 3.05) is 6.54 Å². The standard InChI is InChI=1S/C12H21NO3/c1-8(2)10-4-5-11(14)13(7-6-10)9(3)12(15)16/h8-10H,4-7H2,1-3H3,(H,15,16). The van der Waals surface area contributed by atoms with Crippen molar-refractivity contribution in [3.05, 3.63) is 0 Å². The van der Waals surface area contributed by atoms with E-state index in [1.54, 1.807) is 6.92 Å². The van der Waals surface area contributed by atoms with Gasteiger partial charge in [0.15, 0.2) is 0 Å². The second-order valence-corrected chi connectivity index (χ2v) is 4.93. The van der Waals surface area contributed by atoms with E-state index in [1.807, 2.05) is 0 Å². The summed E-state index contributed by atoms with van der Waals surface area (Å²) in [5, 5.41) is 8.93. The van der Waals surface area contributed by atoms with Crippen molar-refractivity contribution in [1.82, 2.24) is 4.90 Å². The quantitative estimate of drug-likeness (QED) is 0.799. The lowest BCUT2D eigenvalue weighted by molar-refractivity contribution is -0.149. The summed E-state index contributed by atoms with van der Waals surface area (Å²) in [6.45, 7) is 6.47. The average Bonchev–Trinajstić information content (AvgIpc) is 2.39. The van der Waals surface area contributed by atoms with Crippen molar-refractivity contribution >= 4 is 11.9 Å². The van der Waals surface area contributed by atoms with Gasteiger partial charge < -0.3 is 10.0 Å². The van der Waals surface area contributed by atoms with Crippen LogP contribution in [-0.4, -0.2) is 34.5 Å². The molecular formula is C12H21NO3. The topological polar surface area (TPSA) is 57.6 Å². The van der Waals surface area contributed by atoms with E-state index in [2.05, 4.69) is 13.8 Å². The number of likely N-dealkylation sites (tertiary alicyclic amines) is 1. The molecule has 0 aliphatic carbocycles. The van der Waals surface area contributed by atoms with Crippen LogP contribution >= 0.6 is 0 Å². The molecule has 4 nitrogen and oxygen atoms in total. The van der Waals surface area contributed by atoms with Crippen LogP contribution in [0, 0.1) is 11.8 Å². The van der Waals surface area contributed by atoms with Crippen molar-refractivity contribution in [2.45, 2.75) is 46.1 Å². The SMILES string of the molecule is CC(C)C1CCC(=O)N(C(C)C(=O)O)CC1. The summed E-state index contributed by atoms with van der Waals surface area (Å²) in [5.41, 5.74) is 0. The lowest BCUT2D eigenvalue weighted by Gasteiger charge is -2.25. The second kappa shape index (κ2) is 5.32. The summed E-state index contributed by atoms with van der Waals surface area (Å²) in [4.78, 5) is 24.2. The number of hydrogen-bond donors (Lipinski definition) is 1. The fourth-order valence-electron chi connectivity index (χ4n) is 2.24. The first-order chi connectivity index (χ1) is 7.43. The molecular weight excluding hydrogens is 206 g/mol. The van der Waals surface area contributed by atoms with Crippen LogP contribution in [0.4, 0.5) is 0 Å². The van der Waals surface area contributed by atoms with Crippen molar-refractivity contribution in [1.29, 1.82) is 0 Å².